The minimum Gasteiger partial charge on any atom is -0.480 e. The maximum Gasteiger partial charge on any atom is 0.326 e. The first kappa shape index (κ1) is 18.7. The third-order valence-electron chi connectivity index (χ3n) is 3.27. The van der Waals surface area contributed by atoms with Gasteiger partial charge in [-0.1, -0.05) is 13.8 Å². The number of nitrogens with one attached hydrogen (secondary N) is 1. The summed E-state index contributed by atoms with van der Waals surface area (Å²) in [6.07, 6.45) is 0.879. The molecule has 0 rings (SSSR count). The SMILES string of the molecule is CC(C)C(C)N(C)C(=O)NC(CCS(C)(=O)=O)C(=O)O. The van der Waals surface area contributed by atoms with Gasteiger partial charge >= 0.3 is 12.0 Å². The van der Waals surface area contributed by atoms with Gasteiger partial charge in [-0.3, -0.25) is 0 Å². The molecule has 0 fully saturated rings. The zero-order chi connectivity index (χ0) is 16.1. The van der Waals surface area contributed by atoms with E-state index >= 15 is 0 Å². The number of rotatable bonds is 7. The monoisotopic (exact) mass is 308 g/mol. The predicted octanol–water partition coefficient (Wildman–Crippen LogP) is 0.560. The lowest BCUT2D eigenvalue weighted by Gasteiger charge is -2.29. The van der Waals surface area contributed by atoms with E-state index in [1.165, 1.54) is 4.90 Å². The van der Waals surface area contributed by atoms with Gasteiger partial charge in [-0.05, 0) is 19.3 Å². The first-order valence-corrected chi connectivity index (χ1v) is 8.45. The van der Waals surface area contributed by atoms with Crippen molar-refractivity contribution in [3.63, 3.8) is 0 Å². The normalized spacial score (nSPS) is 14.7. The van der Waals surface area contributed by atoms with E-state index in [2.05, 4.69) is 5.32 Å². The Morgan fingerprint density at radius 1 is 1.25 bits per heavy atom. The fourth-order valence-corrected chi connectivity index (χ4v) is 2.14. The average Bonchev–Trinajstić information content (AvgIpc) is 2.30. The first-order valence-electron chi connectivity index (χ1n) is 6.39. The molecule has 7 nitrogen and oxygen atoms in total. The van der Waals surface area contributed by atoms with Crippen LogP contribution in [0.15, 0.2) is 0 Å². The minimum absolute atomic E-state index is 0.0562. The highest BCUT2D eigenvalue weighted by Gasteiger charge is 2.25. The summed E-state index contributed by atoms with van der Waals surface area (Å²) >= 11 is 0. The molecular formula is C12H24N2O5S. The summed E-state index contributed by atoms with van der Waals surface area (Å²) in [7, 11) is -1.69. The highest BCUT2D eigenvalue weighted by molar-refractivity contribution is 7.90. The Kier molecular flexibility index (Phi) is 6.98. The molecule has 2 amide bonds. The van der Waals surface area contributed by atoms with Crippen molar-refractivity contribution in [2.75, 3.05) is 19.1 Å². The van der Waals surface area contributed by atoms with Crippen LogP contribution >= 0.6 is 0 Å². The number of carbonyl (C=O) groups is 2. The minimum atomic E-state index is -3.27. The number of carboxylic acids is 1. The van der Waals surface area contributed by atoms with Crippen molar-refractivity contribution in [2.45, 2.75) is 39.3 Å². The van der Waals surface area contributed by atoms with E-state index in [1.807, 2.05) is 20.8 Å². The molecule has 0 heterocycles. The summed E-state index contributed by atoms with van der Waals surface area (Å²) < 4.78 is 22.1. The second kappa shape index (κ2) is 7.47. The van der Waals surface area contributed by atoms with Crippen LogP contribution in [0.25, 0.3) is 0 Å². The zero-order valence-electron chi connectivity index (χ0n) is 12.6. The Morgan fingerprint density at radius 2 is 1.75 bits per heavy atom. The van der Waals surface area contributed by atoms with Crippen LogP contribution in [0.2, 0.25) is 0 Å². The van der Waals surface area contributed by atoms with Gasteiger partial charge in [-0.2, -0.15) is 0 Å². The van der Waals surface area contributed by atoms with Crippen molar-refractivity contribution in [1.29, 1.82) is 0 Å². The van der Waals surface area contributed by atoms with Gasteiger partial charge in [0.15, 0.2) is 0 Å². The van der Waals surface area contributed by atoms with Crippen molar-refractivity contribution in [3.8, 4) is 0 Å². The molecule has 2 atom stereocenters. The fraction of sp³-hybridized carbons (Fsp3) is 0.833. The largest absolute Gasteiger partial charge is 0.480 e. The maximum absolute atomic E-state index is 11.9. The Hall–Kier alpha value is -1.31. The van der Waals surface area contributed by atoms with Gasteiger partial charge in [0.1, 0.15) is 15.9 Å². The highest BCUT2D eigenvalue weighted by atomic mass is 32.2. The quantitative estimate of drug-likeness (QED) is 0.715. The number of sulfone groups is 1. The third-order valence-corrected chi connectivity index (χ3v) is 4.25. The van der Waals surface area contributed by atoms with Crippen molar-refractivity contribution in [3.05, 3.63) is 0 Å². The van der Waals surface area contributed by atoms with Crippen LogP contribution in [0.1, 0.15) is 27.2 Å². The van der Waals surface area contributed by atoms with Crippen LogP contribution < -0.4 is 5.32 Å². The lowest BCUT2D eigenvalue weighted by Crippen LogP contribution is -2.50. The smallest absolute Gasteiger partial charge is 0.326 e. The van der Waals surface area contributed by atoms with Crippen LogP contribution in [0.4, 0.5) is 4.79 Å². The van der Waals surface area contributed by atoms with E-state index in [0.29, 0.717) is 0 Å². The van der Waals surface area contributed by atoms with E-state index in [0.717, 1.165) is 6.26 Å². The number of nitrogens with zero attached hydrogens (tertiary/aromatic N) is 1. The van der Waals surface area contributed by atoms with Crippen LogP contribution in [-0.2, 0) is 14.6 Å². The number of carboxylic acid groups (broad SMARTS) is 1. The summed E-state index contributed by atoms with van der Waals surface area (Å²) in [6.45, 7) is 5.76. The Bertz CT molecular complexity index is 447. The van der Waals surface area contributed by atoms with Gasteiger partial charge in [0.05, 0.1) is 5.75 Å². The molecule has 0 radical (unpaired) electrons. The molecule has 20 heavy (non-hydrogen) atoms. The Labute approximate surface area is 120 Å². The second-order valence-corrected chi connectivity index (χ2v) is 7.61. The number of hydrogen-bond donors (Lipinski definition) is 2. The van der Waals surface area contributed by atoms with Gasteiger partial charge in [0.2, 0.25) is 0 Å². The zero-order valence-corrected chi connectivity index (χ0v) is 13.4. The lowest BCUT2D eigenvalue weighted by molar-refractivity contribution is -0.139. The van der Waals surface area contributed by atoms with Gasteiger partial charge < -0.3 is 15.3 Å². The molecule has 8 heteroatoms. The molecule has 0 bridgehead atoms. The number of hydrogen-bond acceptors (Lipinski definition) is 4. The molecule has 0 aromatic carbocycles. The van der Waals surface area contributed by atoms with Crippen LogP contribution in [0.3, 0.4) is 0 Å². The highest BCUT2D eigenvalue weighted by Crippen LogP contribution is 2.08. The van der Waals surface area contributed by atoms with Gasteiger partial charge in [0.25, 0.3) is 0 Å². The number of aliphatic carboxylic acids is 1. The summed E-state index contributed by atoms with van der Waals surface area (Å²) in [6, 6.07) is -1.79. The Balaban J connectivity index is 4.68. The molecule has 0 aromatic heterocycles. The van der Waals surface area contributed by atoms with Crippen LogP contribution in [0.5, 0.6) is 0 Å². The predicted molar refractivity (Wildman–Crippen MR) is 76.3 cm³/mol. The van der Waals surface area contributed by atoms with Crippen molar-refractivity contribution >= 4 is 21.8 Å². The molecule has 2 unspecified atom stereocenters. The third kappa shape index (κ3) is 6.74. The van der Waals surface area contributed by atoms with Crippen molar-refractivity contribution < 1.29 is 23.1 Å². The molecule has 0 aliphatic carbocycles. The van der Waals surface area contributed by atoms with E-state index in [4.69, 9.17) is 5.11 Å². The fourth-order valence-electron chi connectivity index (χ4n) is 1.47. The topological polar surface area (TPSA) is 104 Å². The average molecular weight is 308 g/mol. The van der Waals surface area contributed by atoms with Gasteiger partial charge in [0, 0.05) is 19.3 Å². The maximum atomic E-state index is 11.9. The molecule has 0 aliphatic heterocycles. The van der Waals surface area contributed by atoms with Gasteiger partial charge in [-0.25, -0.2) is 18.0 Å². The Morgan fingerprint density at radius 3 is 2.10 bits per heavy atom. The van der Waals surface area contributed by atoms with Crippen molar-refractivity contribution in [2.24, 2.45) is 5.92 Å². The van der Waals surface area contributed by atoms with Crippen molar-refractivity contribution in [1.82, 2.24) is 10.2 Å². The molecule has 0 saturated heterocycles. The van der Waals surface area contributed by atoms with Gasteiger partial charge in [-0.15, -0.1) is 0 Å². The number of urea groups is 1. The van der Waals surface area contributed by atoms with E-state index in [1.54, 1.807) is 7.05 Å². The van der Waals surface area contributed by atoms with E-state index < -0.39 is 27.9 Å². The molecule has 118 valence electrons. The summed E-state index contributed by atoms with van der Waals surface area (Å²) in [5.74, 6) is -1.30. The standard InChI is InChI=1S/C12H24N2O5S/c1-8(2)9(3)14(4)12(17)13-10(11(15)16)6-7-20(5,18)19/h8-10H,6-7H2,1-5H3,(H,13,17)(H,15,16). The lowest BCUT2D eigenvalue weighted by atomic mass is 10.1. The van der Waals surface area contributed by atoms with E-state index in [9.17, 15) is 18.0 Å². The molecule has 2 N–H and O–H groups in total. The molecular weight excluding hydrogens is 284 g/mol. The summed E-state index contributed by atoms with van der Waals surface area (Å²) in [4.78, 5) is 24.4. The number of amides is 2. The van der Waals surface area contributed by atoms with Crippen LogP contribution in [-0.4, -0.2) is 61.6 Å². The van der Waals surface area contributed by atoms with E-state index in [-0.39, 0.29) is 24.1 Å². The second-order valence-electron chi connectivity index (χ2n) is 5.35. The molecule has 0 saturated carbocycles. The molecule has 0 aliphatic rings. The number of carbonyl (C=O) groups excluding carboxylic acids is 1. The summed E-state index contributed by atoms with van der Waals surface area (Å²) in [5, 5.41) is 11.4. The van der Waals surface area contributed by atoms with Crippen LogP contribution in [0, 0.1) is 5.92 Å². The molecule has 0 spiro atoms. The first-order chi connectivity index (χ1) is 8.95. The summed E-state index contributed by atoms with van der Waals surface area (Å²) in [5.41, 5.74) is 0. The molecule has 0 aromatic rings.